The molecule has 4 nitrogen and oxygen atoms in total. The Morgan fingerprint density at radius 1 is 1.15 bits per heavy atom. The highest BCUT2D eigenvalue weighted by molar-refractivity contribution is 6.30. The minimum absolute atomic E-state index is 0.0996. The molecule has 0 saturated carbocycles. The monoisotopic (exact) mass is 386 g/mol. The van der Waals surface area contributed by atoms with Crippen molar-refractivity contribution in [3.63, 3.8) is 0 Å². The molecule has 1 aliphatic heterocycles. The van der Waals surface area contributed by atoms with Gasteiger partial charge in [-0.2, -0.15) is 0 Å². The van der Waals surface area contributed by atoms with E-state index >= 15 is 0 Å². The molecule has 2 aromatic rings. The van der Waals surface area contributed by atoms with Crippen LogP contribution >= 0.6 is 11.6 Å². The summed E-state index contributed by atoms with van der Waals surface area (Å²) in [6.45, 7) is 5.80. The van der Waals surface area contributed by atoms with Crippen molar-refractivity contribution < 1.29 is 9.53 Å². The van der Waals surface area contributed by atoms with Gasteiger partial charge in [-0.3, -0.25) is 9.69 Å². The van der Waals surface area contributed by atoms with E-state index in [2.05, 4.69) is 34.5 Å². The lowest BCUT2D eigenvalue weighted by Crippen LogP contribution is -2.37. The van der Waals surface area contributed by atoms with Crippen molar-refractivity contribution in [3.05, 3.63) is 64.7 Å². The minimum Gasteiger partial charge on any atom is -0.481 e. The Morgan fingerprint density at radius 3 is 2.56 bits per heavy atom. The normalized spacial score (nSPS) is 15.5. The molecule has 0 spiro atoms. The summed E-state index contributed by atoms with van der Waals surface area (Å²) in [5, 5.41) is 3.65. The van der Waals surface area contributed by atoms with Crippen molar-refractivity contribution in [1.29, 1.82) is 0 Å². The van der Waals surface area contributed by atoms with Crippen molar-refractivity contribution >= 4 is 17.5 Å². The van der Waals surface area contributed by atoms with Gasteiger partial charge in [-0.05, 0) is 67.7 Å². The fourth-order valence-corrected chi connectivity index (χ4v) is 3.47. The van der Waals surface area contributed by atoms with E-state index in [-0.39, 0.29) is 5.91 Å². The molecule has 1 unspecified atom stereocenters. The summed E-state index contributed by atoms with van der Waals surface area (Å²) in [5.41, 5.74) is 2.41. The van der Waals surface area contributed by atoms with Gasteiger partial charge in [0.15, 0.2) is 6.10 Å². The number of carbonyl (C=O) groups is 1. The molecule has 1 heterocycles. The Kier molecular flexibility index (Phi) is 7.13. The van der Waals surface area contributed by atoms with Crippen LogP contribution in [0.5, 0.6) is 5.75 Å². The molecule has 0 aliphatic carbocycles. The number of ether oxygens (including phenoxy) is 1. The van der Waals surface area contributed by atoms with E-state index in [1.165, 1.54) is 31.5 Å². The van der Waals surface area contributed by atoms with Crippen LogP contribution in [0.3, 0.4) is 0 Å². The maximum atomic E-state index is 12.5. The van der Waals surface area contributed by atoms with Crippen LogP contribution < -0.4 is 10.1 Å². The standard InChI is InChI=1S/C22H27ClN2O2/c1-2-21(27-20-10-8-19(23)9-11-20)22(26)24-15-17-6-5-7-18(14-17)16-25-12-3-4-13-25/h5-11,14,21H,2-4,12-13,15-16H2,1H3,(H,24,26). The summed E-state index contributed by atoms with van der Waals surface area (Å²) in [4.78, 5) is 15.0. The number of rotatable bonds is 8. The molecule has 3 rings (SSSR count). The third-order valence-corrected chi connectivity index (χ3v) is 5.07. The number of likely N-dealkylation sites (tertiary alicyclic amines) is 1. The second-order valence-electron chi connectivity index (χ2n) is 6.99. The second kappa shape index (κ2) is 9.77. The minimum atomic E-state index is -0.515. The molecule has 1 N–H and O–H groups in total. The molecule has 1 saturated heterocycles. The van der Waals surface area contributed by atoms with Crippen LogP contribution in [-0.2, 0) is 17.9 Å². The molecule has 27 heavy (non-hydrogen) atoms. The Labute approximate surface area is 166 Å². The Balaban J connectivity index is 1.53. The second-order valence-corrected chi connectivity index (χ2v) is 7.43. The van der Waals surface area contributed by atoms with Crippen molar-refractivity contribution in [2.75, 3.05) is 13.1 Å². The first-order valence-electron chi connectivity index (χ1n) is 9.64. The molecule has 1 aliphatic rings. The number of nitrogens with one attached hydrogen (secondary N) is 1. The van der Waals surface area contributed by atoms with Gasteiger partial charge in [0.2, 0.25) is 0 Å². The molecule has 0 aromatic heterocycles. The van der Waals surface area contributed by atoms with Crippen LogP contribution in [0.25, 0.3) is 0 Å². The van der Waals surface area contributed by atoms with Crippen molar-refractivity contribution in [1.82, 2.24) is 10.2 Å². The number of hydrogen-bond donors (Lipinski definition) is 1. The maximum absolute atomic E-state index is 12.5. The van der Waals surface area contributed by atoms with Gasteiger partial charge in [0.1, 0.15) is 5.75 Å². The summed E-state index contributed by atoms with van der Waals surface area (Å²) in [6, 6.07) is 15.5. The van der Waals surface area contributed by atoms with E-state index in [0.29, 0.717) is 23.7 Å². The lowest BCUT2D eigenvalue weighted by molar-refractivity contribution is -0.128. The molecular weight excluding hydrogens is 360 g/mol. The van der Waals surface area contributed by atoms with Crippen LogP contribution in [0, 0.1) is 0 Å². The van der Waals surface area contributed by atoms with Crippen LogP contribution in [0.1, 0.15) is 37.3 Å². The topological polar surface area (TPSA) is 41.6 Å². The Morgan fingerprint density at radius 2 is 1.85 bits per heavy atom. The van der Waals surface area contributed by atoms with Gasteiger partial charge in [0.25, 0.3) is 5.91 Å². The Hall–Kier alpha value is -2.04. The van der Waals surface area contributed by atoms with Crippen molar-refractivity contribution in [3.8, 4) is 5.75 Å². The largest absolute Gasteiger partial charge is 0.481 e. The highest BCUT2D eigenvalue weighted by Gasteiger charge is 2.18. The van der Waals surface area contributed by atoms with Crippen molar-refractivity contribution in [2.45, 2.75) is 45.4 Å². The van der Waals surface area contributed by atoms with Crippen LogP contribution in [0.4, 0.5) is 0 Å². The van der Waals surface area contributed by atoms with E-state index < -0.39 is 6.10 Å². The number of amides is 1. The van der Waals surface area contributed by atoms with E-state index in [1.807, 2.05) is 6.92 Å². The first-order chi connectivity index (χ1) is 13.1. The molecule has 0 radical (unpaired) electrons. The number of hydrogen-bond acceptors (Lipinski definition) is 3. The summed E-state index contributed by atoms with van der Waals surface area (Å²) in [6.07, 6.45) is 2.67. The lowest BCUT2D eigenvalue weighted by Gasteiger charge is -2.18. The highest BCUT2D eigenvalue weighted by atomic mass is 35.5. The molecule has 1 fully saturated rings. The SMILES string of the molecule is CCC(Oc1ccc(Cl)cc1)C(=O)NCc1cccc(CN2CCCC2)c1. The van der Waals surface area contributed by atoms with Gasteiger partial charge in [-0.25, -0.2) is 0 Å². The van der Waals surface area contributed by atoms with Gasteiger partial charge in [0, 0.05) is 18.1 Å². The van der Waals surface area contributed by atoms with E-state index in [1.54, 1.807) is 24.3 Å². The fourth-order valence-electron chi connectivity index (χ4n) is 3.34. The van der Waals surface area contributed by atoms with E-state index in [0.717, 1.165) is 12.1 Å². The predicted octanol–water partition coefficient (Wildman–Crippen LogP) is 4.41. The summed E-state index contributed by atoms with van der Waals surface area (Å²) < 4.78 is 5.80. The third-order valence-electron chi connectivity index (χ3n) is 4.82. The van der Waals surface area contributed by atoms with Crippen LogP contribution in [0.15, 0.2) is 48.5 Å². The van der Waals surface area contributed by atoms with Gasteiger partial charge < -0.3 is 10.1 Å². The maximum Gasteiger partial charge on any atom is 0.261 e. The third kappa shape index (κ3) is 5.98. The lowest BCUT2D eigenvalue weighted by atomic mass is 10.1. The Bertz CT molecular complexity index is 742. The van der Waals surface area contributed by atoms with Gasteiger partial charge >= 0.3 is 0 Å². The zero-order chi connectivity index (χ0) is 19.1. The average Bonchev–Trinajstić information content (AvgIpc) is 3.19. The molecular formula is C22H27ClN2O2. The summed E-state index contributed by atoms with van der Waals surface area (Å²) >= 11 is 5.89. The number of carbonyl (C=O) groups excluding carboxylic acids is 1. The summed E-state index contributed by atoms with van der Waals surface area (Å²) in [5.74, 6) is 0.548. The van der Waals surface area contributed by atoms with Crippen LogP contribution in [-0.4, -0.2) is 30.0 Å². The molecule has 5 heteroatoms. The number of halogens is 1. The first kappa shape index (κ1) is 19.7. The predicted molar refractivity (Wildman–Crippen MR) is 109 cm³/mol. The first-order valence-corrected chi connectivity index (χ1v) is 10.0. The molecule has 0 bridgehead atoms. The summed E-state index contributed by atoms with van der Waals surface area (Å²) in [7, 11) is 0. The van der Waals surface area contributed by atoms with Gasteiger partial charge in [-0.15, -0.1) is 0 Å². The van der Waals surface area contributed by atoms with Gasteiger partial charge in [0.05, 0.1) is 0 Å². The highest BCUT2D eigenvalue weighted by Crippen LogP contribution is 2.18. The molecule has 144 valence electrons. The van der Waals surface area contributed by atoms with Crippen LogP contribution in [0.2, 0.25) is 5.02 Å². The van der Waals surface area contributed by atoms with Gasteiger partial charge in [-0.1, -0.05) is 42.8 Å². The molecule has 1 atom stereocenters. The zero-order valence-electron chi connectivity index (χ0n) is 15.8. The smallest absolute Gasteiger partial charge is 0.261 e. The zero-order valence-corrected chi connectivity index (χ0v) is 16.5. The molecule has 2 aromatic carbocycles. The number of benzene rings is 2. The van der Waals surface area contributed by atoms with Crippen molar-refractivity contribution in [2.24, 2.45) is 0 Å². The average molecular weight is 387 g/mol. The fraction of sp³-hybridized carbons (Fsp3) is 0.409. The van der Waals surface area contributed by atoms with E-state index in [9.17, 15) is 4.79 Å². The van der Waals surface area contributed by atoms with E-state index in [4.69, 9.17) is 16.3 Å². The molecule has 1 amide bonds. The quantitative estimate of drug-likeness (QED) is 0.730. The number of nitrogens with zero attached hydrogens (tertiary/aromatic N) is 1.